The smallest absolute Gasteiger partial charge is 0.267 e. The van der Waals surface area contributed by atoms with Crippen LogP contribution < -0.4 is 15.6 Å². The third-order valence-electron chi connectivity index (χ3n) is 3.82. The van der Waals surface area contributed by atoms with Gasteiger partial charge in [0.2, 0.25) is 5.91 Å². The second-order valence-electron chi connectivity index (χ2n) is 5.84. The number of rotatable bonds is 6. The van der Waals surface area contributed by atoms with Gasteiger partial charge < -0.3 is 10.1 Å². The fraction of sp³-hybridized carbons (Fsp3) is 0.150. The molecule has 144 valence electrons. The Balaban J connectivity index is 1.78. The van der Waals surface area contributed by atoms with E-state index in [2.05, 4.69) is 10.4 Å². The highest BCUT2D eigenvalue weighted by atomic mass is 35.5. The van der Waals surface area contributed by atoms with Crippen molar-refractivity contribution in [1.82, 2.24) is 9.78 Å². The molecule has 0 aliphatic heterocycles. The Morgan fingerprint density at radius 3 is 2.57 bits per heavy atom. The van der Waals surface area contributed by atoms with E-state index in [0.29, 0.717) is 28.0 Å². The van der Waals surface area contributed by atoms with Gasteiger partial charge in [0.15, 0.2) is 0 Å². The second-order valence-corrected chi connectivity index (χ2v) is 6.69. The van der Waals surface area contributed by atoms with Gasteiger partial charge in [-0.15, -0.1) is 0 Å². The summed E-state index contributed by atoms with van der Waals surface area (Å²) < 4.78 is 6.51. The molecule has 6 nitrogen and oxygen atoms in total. The van der Waals surface area contributed by atoms with Gasteiger partial charge in [0.1, 0.15) is 12.3 Å². The Morgan fingerprint density at radius 2 is 1.86 bits per heavy atom. The topological polar surface area (TPSA) is 73.2 Å². The van der Waals surface area contributed by atoms with Crippen molar-refractivity contribution in [2.24, 2.45) is 0 Å². The van der Waals surface area contributed by atoms with Crippen molar-refractivity contribution in [3.8, 4) is 17.0 Å². The number of carbonyl (C=O) groups is 1. The summed E-state index contributed by atoms with van der Waals surface area (Å²) in [6.07, 6.45) is 0. The van der Waals surface area contributed by atoms with Crippen molar-refractivity contribution in [2.75, 3.05) is 11.9 Å². The average Bonchev–Trinajstić information content (AvgIpc) is 2.67. The number of nitrogens with zero attached hydrogens (tertiary/aromatic N) is 2. The van der Waals surface area contributed by atoms with Crippen LogP contribution in [0.15, 0.2) is 59.4 Å². The van der Waals surface area contributed by atoms with Crippen LogP contribution in [0.2, 0.25) is 10.0 Å². The van der Waals surface area contributed by atoms with Gasteiger partial charge in [-0.2, -0.15) is 5.10 Å². The van der Waals surface area contributed by atoms with Crippen LogP contribution in [0, 0.1) is 0 Å². The van der Waals surface area contributed by atoms with Crippen LogP contribution >= 0.6 is 23.2 Å². The van der Waals surface area contributed by atoms with Crippen LogP contribution in [-0.2, 0) is 11.3 Å². The predicted molar refractivity (Wildman–Crippen MR) is 110 cm³/mol. The lowest BCUT2D eigenvalue weighted by Gasteiger charge is -2.10. The molecule has 0 fully saturated rings. The van der Waals surface area contributed by atoms with Crippen LogP contribution in [0.25, 0.3) is 11.3 Å². The Kier molecular flexibility index (Phi) is 6.34. The molecule has 0 aliphatic carbocycles. The molecule has 0 bridgehead atoms. The maximum absolute atomic E-state index is 12.3. The molecule has 1 aromatic heterocycles. The summed E-state index contributed by atoms with van der Waals surface area (Å²) in [7, 11) is 0. The number of benzene rings is 2. The first-order valence-electron chi connectivity index (χ1n) is 8.52. The first kappa shape index (κ1) is 19.9. The Bertz CT molecular complexity index is 1050. The highest BCUT2D eigenvalue weighted by Crippen LogP contribution is 2.25. The Labute approximate surface area is 171 Å². The average molecular weight is 418 g/mol. The zero-order chi connectivity index (χ0) is 20.1. The molecular formula is C20H17Cl2N3O3. The van der Waals surface area contributed by atoms with E-state index < -0.39 is 5.91 Å². The normalized spacial score (nSPS) is 10.5. The first-order valence-corrected chi connectivity index (χ1v) is 9.28. The minimum atomic E-state index is -0.442. The minimum Gasteiger partial charge on any atom is -0.494 e. The van der Waals surface area contributed by atoms with Gasteiger partial charge in [-0.25, -0.2) is 4.68 Å². The van der Waals surface area contributed by atoms with Gasteiger partial charge in [-0.1, -0.05) is 23.2 Å². The van der Waals surface area contributed by atoms with Crippen LogP contribution in [0.1, 0.15) is 6.92 Å². The third-order valence-corrected chi connectivity index (χ3v) is 4.39. The molecular weight excluding hydrogens is 401 g/mol. The predicted octanol–water partition coefficient (Wildman–Crippen LogP) is 4.25. The summed E-state index contributed by atoms with van der Waals surface area (Å²) in [5, 5.41) is 7.70. The van der Waals surface area contributed by atoms with E-state index in [9.17, 15) is 9.59 Å². The standard InChI is InChI=1S/C20H17Cl2N3O3/c1-2-28-15-6-3-13(4-7-15)17-9-10-20(27)25(24-17)12-19(26)23-18-11-14(21)5-8-16(18)22/h3-11H,2,12H2,1H3,(H,23,26). The number of nitrogens with one attached hydrogen (secondary N) is 1. The van der Waals surface area contributed by atoms with Crippen molar-refractivity contribution in [3.63, 3.8) is 0 Å². The summed E-state index contributed by atoms with van der Waals surface area (Å²) in [5.41, 5.74) is 1.35. The Morgan fingerprint density at radius 1 is 1.11 bits per heavy atom. The number of halogens is 2. The van der Waals surface area contributed by atoms with Crippen LogP contribution in [-0.4, -0.2) is 22.3 Å². The number of hydrogen-bond donors (Lipinski definition) is 1. The molecule has 0 aliphatic rings. The Hall–Kier alpha value is -2.83. The van der Waals surface area contributed by atoms with E-state index >= 15 is 0 Å². The fourth-order valence-corrected chi connectivity index (χ4v) is 2.86. The molecule has 28 heavy (non-hydrogen) atoms. The first-order chi connectivity index (χ1) is 13.5. The van der Waals surface area contributed by atoms with Crippen LogP contribution in [0.5, 0.6) is 5.75 Å². The fourth-order valence-electron chi connectivity index (χ4n) is 2.52. The molecule has 8 heteroatoms. The summed E-state index contributed by atoms with van der Waals surface area (Å²) in [4.78, 5) is 24.4. The van der Waals surface area contributed by atoms with E-state index in [1.54, 1.807) is 18.2 Å². The van der Waals surface area contributed by atoms with Gasteiger partial charge >= 0.3 is 0 Å². The molecule has 0 saturated heterocycles. The summed E-state index contributed by atoms with van der Waals surface area (Å²) in [5.74, 6) is 0.306. The number of aromatic nitrogens is 2. The molecule has 0 saturated carbocycles. The van der Waals surface area contributed by atoms with Crippen molar-refractivity contribution in [1.29, 1.82) is 0 Å². The van der Waals surface area contributed by atoms with E-state index in [4.69, 9.17) is 27.9 Å². The molecule has 0 atom stereocenters. The molecule has 0 spiro atoms. The second kappa shape index (κ2) is 8.91. The lowest BCUT2D eigenvalue weighted by atomic mass is 10.1. The van der Waals surface area contributed by atoms with Crippen molar-refractivity contribution in [2.45, 2.75) is 13.5 Å². The molecule has 3 aromatic rings. The number of anilines is 1. The number of carbonyl (C=O) groups excluding carboxylic acids is 1. The van der Waals surface area contributed by atoms with E-state index in [0.717, 1.165) is 16.0 Å². The van der Waals surface area contributed by atoms with Gasteiger partial charge in [0.05, 0.1) is 23.0 Å². The highest BCUT2D eigenvalue weighted by Gasteiger charge is 2.11. The monoisotopic (exact) mass is 417 g/mol. The zero-order valence-corrected chi connectivity index (χ0v) is 16.5. The number of amides is 1. The molecule has 0 unspecified atom stereocenters. The lowest BCUT2D eigenvalue weighted by molar-refractivity contribution is -0.117. The zero-order valence-electron chi connectivity index (χ0n) is 15.0. The largest absolute Gasteiger partial charge is 0.494 e. The van der Waals surface area contributed by atoms with E-state index in [-0.39, 0.29) is 12.1 Å². The quantitative estimate of drug-likeness (QED) is 0.650. The van der Waals surface area contributed by atoms with Crippen LogP contribution in [0.3, 0.4) is 0 Å². The molecule has 1 amide bonds. The third kappa shape index (κ3) is 4.91. The van der Waals surface area contributed by atoms with Crippen molar-refractivity contribution < 1.29 is 9.53 Å². The highest BCUT2D eigenvalue weighted by molar-refractivity contribution is 6.35. The van der Waals surface area contributed by atoms with Gasteiger partial charge in [-0.05, 0) is 55.5 Å². The van der Waals surface area contributed by atoms with Crippen molar-refractivity contribution >= 4 is 34.8 Å². The molecule has 1 N–H and O–H groups in total. The van der Waals surface area contributed by atoms with Crippen LogP contribution in [0.4, 0.5) is 5.69 Å². The van der Waals surface area contributed by atoms with Crippen molar-refractivity contribution in [3.05, 3.63) is 75.0 Å². The van der Waals surface area contributed by atoms with Gasteiger partial charge in [-0.3, -0.25) is 9.59 Å². The van der Waals surface area contributed by atoms with Gasteiger partial charge in [0, 0.05) is 16.7 Å². The maximum atomic E-state index is 12.3. The lowest BCUT2D eigenvalue weighted by Crippen LogP contribution is -2.29. The van der Waals surface area contributed by atoms with E-state index in [1.807, 2.05) is 31.2 Å². The minimum absolute atomic E-state index is 0.257. The summed E-state index contributed by atoms with van der Waals surface area (Å²) in [6.45, 7) is 2.23. The number of hydrogen-bond acceptors (Lipinski definition) is 4. The molecule has 0 radical (unpaired) electrons. The SMILES string of the molecule is CCOc1ccc(-c2ccc(=O)n(CC(=O)Nc3cc(Cl)ccc3Cl)n2)cc1. The number of ether oxygens (including phenoxy) is 1. The summed E-state index contributed by atoms with van der Waals surface area (Å²) >= 11 is 12.0. The molecule has 2 aromatic carbocycles. The van der Waals surface area contributed by atoms with E-state index in [1.165, 1.54) is 12.1 Å². The molecule has 3 rings (SSSR count). The molecule has 1 heterocycles. The summed E-state index contributed by atoms with van der Waals surface area (Å²) in [6, 6.07) is 15.0. The maximum Gasteiger partial charge on any atom is 0.267 e. The van der Waals surface area contributed by atoms with Gasteiger partial charge in [0.25, 0.3) is 5.56 Å².